The number of nitrogens with zero attached hydrogens (tertiary/aromatic N) is 1. The number of rotatable bonds is 5. The van der Waals surface area contributed by atoms with E-state index in [-0.39, 0.29) is 24.0 Å². The Kier molecular flexibility index (Phi) is 9.02. The first-order valence-corrected chi connectivity index (χ1v) is 4.05. The second-order valence-corrected chi connectivity index (χ2v) is 3.41. The molecule has 0 heterocycles. The third kappa shape index (κ3) is 8.34. The summed E-state index contributed by atoms with van der Waals surface area (Å²) in [7, 11) is 4.53. The molecule has 0 aliphatic carbocycles. The quantitative estimate of drug-likeness (QED) is 0.261. The van der Waals surface area contributed by atoms with Crippen LogP contribution in [0.15, 0.2) is 12.7 Å². The SMILES string of the molecule is C=CCCC[N+](C)(C)CC.[I-]. The summed E-state index contributed by atoms with van der Waals surface area (Å²) in [6, 6.07) is 0. The smallest absolute Gasteiger partial charge is 0.0785 e. The summed E-state index contributed by atoms with van der Waals surface area (Å²) in [5.74, 6) is 0. The van der Waals surface area contributed by atoms with E-state index in [2.05, 4.69) is 27.6 Å². The third-order valence-electron chi connectivity index (χ3n) is 2.03. The third-order valence-corrected chi connectivity index (χ3v) is 2.03. The highest BCUT2D eigenvalue weighted by Gasteiger charge is 2.08. The van der Waals surface area contributed by atoms with Crippen molar-refractivity contribution in [2.24, 2.45) is 0 Å². The van der Waals surface area contributed by atoms with Gasteiger partial charge in [0, 0.05) is 0 Å². The van der Waals surface area contributed by atoms with Crippen molar-refractivity contribution in [1.29, 1.82) is 0 Å². The minimum Gasteiger partial charge on any atom is -1.00 e. The lowest BCUT2D eigenvalue weighted by Gasteiger charge is -2.27. The lowest BCUT2D eigenvalue weighted by molar-refractivity contribution is -0.888. The predicted octanol–water partition coefficient (Wildman–Crippen LogP) is -0.947. The van der Waals surface area contributed by atoms with Gasteiger partial charge in [-0.3, -0.25) is 0 Å². The number of allylic oxidation sites excluding steroid dienone is 1. The molecule has 11 heavy (non-hydrogen) atoms. The van der Waals surface area contributed by atoms with Gasteiger partial charge in [0.15, 0.2) is 0 Å². The van der Waals surface area contributed by atoms with E-state index >= 15 is 0 Å². The van der Waals surface area contributed by atoms with Gasteiger partial charge in [-0.1, -0.05) is 6.08 Å². The van der Waals surface area contributed by atoms with Gasteiger partial charge in [-0.15, -0.1) is 6.58 Å². The maximum Gasteiger partial charge on any atom is 0.0785 e. The first-order valence-electron chi connectivity index (χ1n) is 4.05. The Morgan fingerprint density at radius 3 is 2.27 bits per heavy atom. The molecule has 0 N–H and O–H groups in total. The Bertz CT molecular complexity index is 99.7. The van der Waals surface area contributed by atoms with Gasteiger partial charge in [0.05, 0.1) is 27.2 Å². The molecule has 0 saturated heterocycles. The molecule has 0 aromatic carbocycles. The standard InChI is InChI=1S/C9H20N.HI/c1-5-7-8-9-10(3,4)6-2;/h5H,1,6-9H2,2-4H3;1H/q+1;/p-1. The molecular formula is C9H20IN. The van der Waals surface area contributed by atoms with Gasteiger partial charge in [-0.25, -0.2) is 0 Å². The van der Waals surface area contributed by atoms with Crippen LogP contribution in [0.1, 0.15) is 19.8 Å². The van der Waals surface area contributed by atoms with E-state index in [1.165, 1.54) is 19.5 Å². The van der Waals surface area contributed by atoms with Crippen molar-refractivity contribution in [3.05, 3.63) is 12.7 Å². The van der Waals surface area contributed by atoms with E-state index in [4.69, 9.17) is 0 Å². The van der Waals surface area contributed by atoms with Crippen molar-refractivity contribution in [2.75, 3.05) is 27.2 Å². The second-order valence-electron chi connectivity index (χ2n) is 3.41. The molecule has 1 nitrogen and oxygen atoms in total. The number of quaternary nitrogens is 1. The molecule has 0 unspecified atom stereocenters. The van der Waals surface area contributed by atoms with Gasteiger partial charge in [-0.2, -0.15) is 0 Å². The average Bonchev–Trinajstić information content (AvgIpc) is 1.89. The van der Waals surface area contributed by atoms with Crippen molar-refractivity contribution in [1.82, 2.24) is 0 Å². The molecule has 0 fully saturated rings. The zero-order chi connectivity index (χ0) is 8.04. The van der Waals surface area contributed by atoms with E-state index in [0.717, 1.165) is 10.9 Å². The molecule has 2 heteroatoms. The molecule has 0 bridgehead atoms. The molecule has 0 spiro atoms. The van der Waals surface area contributed by atoms with Crippen molar-refractivity contribution >= 4 is 0 Å². The summed E-state index contributed by atoms with van der Waals surface area (Å²) in [4.78, 5) is 0. The molecule has 0 aromatic rings. The zero-order valence-corrected chi connectivity index (χ0v) is 10.1. The van der Waals surface area contributed by atoms with Crippen LogP contribution in [-0.4, -0.2) is 31.7 Å². The molecule has 0 amide bonds. The maximum atomic E-state index is 3.70. The van der Waals surface area contributed by atoms with Crippen LogP contribution < -0.4 is 24.0 Å². The Labute approximate surface area is 88.1 Å². The van der Waals surface area contributed by atoms with Crippen molar-refractivity contribution in [2.45, 2.75) is 19.8 Å². The summed E-state index contributed by atoms with van der Waals surface area (Å²) in [6.07, 6.45) is 4.42. The average molecular weight is 269 g/mol. The van der Waals surface area contributed by atoms with E-state index in [0.29, 0.717) is 0 Å². The summed E-state index contributed by atoms with van der Waals surface area (Å²) in [5, 5.41) is 0. The lowest BCUT2D eigenvalue weighted by atomic mass is 10.3. The molecule has 0 aromatic heterocycles. The highest BCUT2D eigenvalue weighted by Crippen LogP contribution is 2.00. The summed E-state index contributed by atoms with van der Waals surface area (Å²) in [5.41, 5.74) is 0. The van der Waals surface area contributed by atoms with Gasteiger partial charge in [-0.05, 0) is 19.8 Å². The Morgan fingerprint density at radius 1 is 1.36 bits per heavy atom. The highest BCUT2D eigenvalue weighted by molar-refractivity contribution is 4.64. The fourth-order valence-electron chi connectivity index (χ4n) is 0.822. The van der Waals surface area contributed by atoms with Crippen LogP contribution in [0.2, 0.25) is 0 Å². The summed E-state index contributed by atoms with van der Waals surface area (Å²) >= 11 is 0. The largest absolute Gasteiger partial charge is 1.00 e. The first kappa shape index (κ1) is 14.0. The zero-order valence-electron chi connectivity index (χ0n) is 7.94. The number of halogens is 1. The minimum atomic E-state index is 0. The topological polar surface area (TPSA) is 0 Å². The van der Waals surface area contributed by atoms with Crippen molar-refractivity contribution in [3.63, 3.8) is 0 Å². The van der Waals surface area contributed by atoms with Crippen LogP contribution >= 0.6 is 0 Å². The second kappa shape index (κ2) is 7.10. The van der Waals surface area contributed by atoms with E-state index in [1.807, 2.05) is 6.08 Å². The Morgan fingerprint density at radius 2 is 1.91 bits per heavy atom. The normalized spacial score (nSPS) is 10.5. The van der Waals surface area contributed by atoms with Gasteiger partial charge < -0.3 is 28.5 Å². The van der Waals surface area contributed by atoms with Crippen LogP contribution in [0.3, 0.4) is 0 Å². The minimum absolute atomic E-state index is 0. The van der Waals surface area contributed by atoms with E-state index in [9.17, 15) is 0 Å². The number of unbranched alkanes of at least 4 members (excludes halogenated alkanes) is 1. The van der Waals surface area contributed by atoms with E-state index in [1.54, 1.807) is 0 Å². The summed E-state index contributed by atoms with van der Waals surface area (Å²) in [6.45, 7) is 8.41. The molecule has 0 aliphatic rings. The maximum absolute atomic E-state index is 3.70. The van der Waals surface area contributed by atoms with Crippen LogP contribution in [-0.2, 0) is 0 Å². The Hall–Kier alpha value is 0.430. The molecule has 0 saturated carbocycles. The van der Waals surface area contributed by atoms with Crippen molar-refractivity contribution in [3.8, 4) is 0 Å². The van der Waals surface area contributed by atoms with Crippen molar-refractivity contribution < 1.29 is 28.5 Å². The van der Waals surface area contributed by atoms with Crippen LogP contribution in [0.4, 0.5) is 0 Å². The van der Waals surface area contributed by atoms with Gasteiger partial charge >= 0.3 is 0 Å². The van der Waals surface area contributed by atoms with Crippen LogP contribution in [0.25, 0.3) is 0 Å². The Balaban J connectivity index is 0. The first-order chi connectivity index (χ1) is 4.62. The fraction of sp³-hybridized carbons (Fsp3) is 0.778. The van der Waals surface area contributed by atoms with Gasteiger partial charge in [0.25, 0.3) is 0 Å². The molecule has 68 valence electrons. The lowest BCUT2D eigenvalue weighted by Crippen LogP contribution is -3.00. The monoisotopic (exact) mass is 269 g/mol. The molecule has 0 radical (unpaired) electrons. The number of hydrogen-bond donors (Lipinski definition) is 0. The van der Waals surface area contributed by atoms with Crippen LogP contribution in [0.5, 0.6) is 0 Å². The predicted molar refractivity (Wildman–Crippen MR) is 46.9 cm³/mol. The molecule has 0 rings (SSSR count). The number of hydrogen-bond acceptors (Lipinski definition) is 0. The fourth-order valence-corrected chi connectivity index (χ4v) is 0.822. The molecule has 0 aliphatic heterocycles. The van der Waals surface area contributed by atoms with Gasteiger partial charge in [0.1, 0.15) is 0 Å². The van der Waals surface area contributed by atoms with Gasteiger partial charge in [0.2, 0.25) is 0 Å². The molecule has 0 atom stereocenters. The van der Waals surface area contributed by atoms with E-state index < -0.39 is 0 Å². The van der Waals surface area contributed by atoms with Crippen LogP contribution in [0, 0.1) is 0 Å². The highest BCUT2D eigenvalue weighted by atomic mass is 127. The summed E-state index contributed by atoms with van der Waals surface area (Å²) < 4.78 is 1.13. The molecular weight excluding hydrogens is 249 g/mol.